The zero-order valence-corrected chi connectivity index (χ0v) is 18.2. The molecule has 0 saturated heterocycles. The van der Waals surface area contributed by atoms with Crippen LogP contribution in [-0.4, -0.2) is 35.4 Å². The van der Waals surface area contributed by atoms with Crippen molar-refractivity contribution < 1.29 is 28.6 Å². The van der Waals surface area contributed by atoms with Gasteiger partial charge in [-0.25, -0.2) is 9.78 Å². The molecular weight excluding hydrogens is 432 g/mol. The third kappa shape index (κ3) is 4.94. The molecule has 8 nitrogen and oxygen atoms in total. The molecule has 32 heavy (non-hydrogen) atoms. The van der Waals surface area contributed by atoms with Crippen LogP contribution in [0.25, 0.3) is 0 Å². The van der Waals surface area contributed by atoms with E-state index in [0.29, 0.717) is 27.8 Å². The largest absolute Gasteiger partial charge is 0.486 e. The number of ether oxygens (including phenoxy) is 3. The second-order valence-electron chi connectivity index (χ2n) is 7.19. The lowest BCUT2D eigenvalue weighted by atomic mass is 10.1. The molecule has 9 heteroatoms. The quantitative estimate of drug-likeness (QED) is 0.430. The Morgan fingerprint density at radius 3 is 2.78 bits per heavy atom. The number of aromatic nitrogens is 1. The van der Waals surface area contributed by atoms with Crippen molar-refractivity contribution in [3.8, 4) is 11.5 Å². The first-order valence-electron chi connectivity index (χ1n) is 9.85. The predicted octanol–water partition coefficient (Wildman–Crippen LogP) is 3.79. The number of anilines is 1. The smallest absolute Gasteiger partial charge is 0.358 e. The maximum Gasteiger partial charge on any atom is 0.358 e. The van der Waals surface area contributed by atoms with Crippen LogP contribution in [0, 0.1) is 6.92 Å². The molecule has 1 aliphatic heterocycles. The number of carbonyl (C=O) groups is 3. The molecule has 0 radical (unpaired) electrons. The fourth-order valence-electron chi connectivity index (χ4n) is 3.00. The van der Waals surface area contributed by atoms with E-state index in [9.17, 15) is 14.4 Å². The summed E-state index contributed by atoms with van der Waals surface area (Å²) in [5.41, 5.74) is 1.95. The number of rotatable bonds is 7. The van der Waals surface area contributed by atoms with Gasteiger partial charge in [0.1, 0.15) is 23.1 Å². The van der Waals surface area contributed by atoms with Crippen LogP contribution < -0.4 is 14.8 Å². The third-order valence-corrected chi connectivity index (χ3v) is 5.52. The van der Waals surface area contributed by atoms with Crippen molar-refractivity contribution in [3.05, 3.63) is 69.7 Å². The second-order valence-corrected chi connectivity index (χ2v) is 8.13. The molecule has 2 heterocycles. The molecule has 3 aromatic rings. The number of benzene rings is 2. The molecule has 0 bridgehead atoms. The molecule has 164 valence electrons. The summed E-state index contributed by atoms with van der Waals surface area (Å²) < 4.78 is 16.3. The van der Waals surface area contributed by atoms with E-state index in [4.69, 9.17) is 14.2 Å². The van der Waals surface area contributed by atoms with Gasteiger partial charge in [-0.3, -0.25) is 9.59 Å². The van der Waals surface area contributed by atoms with Gasteiger partial charge in [-0.2, -0.15) is 0 Å². The standard InChI is InChI=1S/C23H20N2O6S/c1-13-3-6-16(7-4-13)29-11-21-25-18(12-32-21)23(28)31-14(2)22(27)15-5-8-19-17(9-15)24-20(26)10-30-19/h3-9,12,14H,10-11H2,1-2H3,(H,24,26)/t14-/m1/s1. The van der Waals surface area contributed by atoms with E-state index >= 15 is 0 Å². The summed E-state index contributed by atoms with van der Waals surface area (Å²) in [6, 6.07) is 12.3. The van der Waals surface area contributed by atoms with Crippen LogP contribution in [0.3, 0.4) is 0 Å². The Morgan fingerprint density at radius 1 is 1.22 bits per heavy atom. The Labute approximate surface area is 188 Å². The van der Waals surface area contributed by atoms with Crippen LogP contribution in [0.15, 0.2) is 47.8 Å². The van der Waals surface area contributed by atoms with Gasteiger partial charge < -0.3 is 19.5 Å². The molecule has 0 spiro atoms. The number of nitrogens with one attached hydrogen (secondary N) is 1. The lowest BCUT2D eigenvalue weighted by molar-refractivity contribution is -0.118. The molecule has 0 unspecified atom stereocenters. The number of ketones is 1. The highest BCUT2D eigenvalue weighted by Crippen LogP contribution is 2.29. The van der Waals surface area contributed by atoms with Crippen LogP contribution in [-0.2, 0) is 16.1 Å². The third-order valence-electron chi connectivity index (χ3n) is 4.69. The minimum absolute atomic E-state index is 0.0694. The number of nitrogens with zero attached hydrogens (tertiary/aromatic N) is 1. The lowest BCUT2D eigenvalue weighted by Crippen LogP contribution is -2.27. The zero-order valence-electron chi connectivity index (χ0n) is 17.4. The minimum Gasteiger partial charge on any atom is -0.486 e. The van der Waals surface area contributed by atoms with E-state index < -0.39 is 17.9 Å². The van der Waals surface area contributed by atoms with Gasteiger partial charge in [0.2, 0.25) is 5.78 Å². The summed E-state index contributed by atoms with van der Waals surface area (Å²) >= 11 is 1.27. The van der Waals surface area contributed by atoms with Crippen LogP contribution in [0.2, 0.25) is 0 Å². The zero-order chi connectivity index (χ0) is 22.7. The monoisotopic (exact) mass is 452 g/mol. The fraction of sp³-hybridized carbons (Fsp3) is 0.217. The Hall–Kier alpha value is -3.72. The number of thiazole rings is 1. The van der Waals surface area contributed by atoms with E-state index in [1.54, 1.807) is 17.5 Å². The van der Waals surface area contributed by atoms with E-state index in [2.05, 4.69) is 10.3 Å². The summed E-state index contributed by atoms with van der Waals surface area (Å²) in [5.74, 6) is -0.209. The molecule has 0 saturated carbocycles. The van der Waals surface area contributed by atoms with Gasteiger partial charge in [0.25, 0.3) is 5.91 Å². The molecular formula is C23H20N2O6S. The summed E-state index contributed by atoms with van der Waals surface area (Å²) in [7, 11) is 0. The van der Waals surface area contributed by atoms with E-state index in [-0.39, 0.29) is 24.8 Å². The van der Waals surface area contributed by atoms with Gasteiger partial charge in [-0.1, -0.05) is 17.7 Å². The first-order valence-corrected chi connectivity index (χ1v) is 10.7. The van der Waals surface area contributed by atoms with E-state index in [1.165, 1.54) is 24.3 Å². The van der Waals surface area contributed by atoms with Gasteiger partial charge in [0, 0.05) is 10.9 Å². The highest BCUT2D eigenvalue weighted by atomic mass is 32.1. The number of aryl methyl sites for hydroxylation is 1. The number of carbonyl (C=O) groups excluding carboxylic acids is 3. The van der Waals surface area contributed by atoms with Crippen molar-refractivity contribution in [2.45, 2.75) is 26.6 Å². The van der Waals surface area contributed by atoms with Gasteiger partial charge in [0.05, 0.1) is 5.69 Å². The number of fused-ring (bicyclic) bond motifs is 1. The molecule has 1 N–H and O–H groups in total. The van der Waals surface area contributed by atoms with Crippen LogP contribution in [0.4, 0.5) is 5.69 Å². The maximum absolute atomic E-state index is 12.7. The number of hydrogen-bond donors (Lipinski definition) is 1. The predicted molar refractivity (Wildman–Crippen MR) is 117 cm³/mol. The molecule has 0 aliphatic carbocycles. The van der Waals surface area contributed by atoms with Crippen molar-refractivity contribution in [2.24, 2.45) is 0 Å². The second kappa shape index (κ2) is 9.19. The van der Waals surface area contributed by atoms with Crippen molar-refractivity contribution >= 4 is 34.7 Å². The summed E-state index contributed by atoms with van der Waals surface area (Å²) in [4.78, 5) is 40.9. The fourth-order valence-corrected chi connectivity index (χ4v) is 3.67. The Bertz CT molecular complexity index is 1170. The summed E-state index contributed by atoms with van der Waals surface area (Å²) in [6.45, 7) is 3.63. The Kier molecular flexibility index (Phi) is 6.18. The average Bonchev–Trinajstić information content (AvgIpc) is 3.27. The lowest BCUT2D eigenvalue weighted by Gasteiger charge is -2.19. The minimum atomic E-state index is -1.03. The molecule has 1 amide bonds. The number of amides is 1. The number of esters is 1. The summed E-state index contributed by atoms with van der Waals surface area (Å²) in [6.07, 6.45) is -1.03. The van der Waals surface area contributed by atoms with E-state index in [1.807, 2.05) is 31.2 Å². The maximum atomic E-state index is 12.7. The average molecular weight is 452 g/mol. The number of Topliss-reactive ketones (excluding diaryl/α,β-unsaturated/α-hetero) is 1. The van der Waals surface area contributed by atoms with Crippen molar-refractivity contribution in [3.63, 3.8) is 0 Å². The molecule has 2 aromatic carbocycles. The summed E-state index contributed by atoms with van der Waals surface area (Å²) in [5, 5.41) is 4.83. The molecule has 1 aliphatic rings. The highest BCUT2D eigenvalue weighted by Gasteiger charge is 2.24. The van der Waals surface area contributed by atoms with E-state index in [0.717, 1.165) is 5.56 Å². The van der Waals surface area contributed by atoms with Crippen LogP contribution in [0.5, 0.6) is 11.5 Å². The molecule has 1 aromatic heterocycles. The van der Waals surface area contributed by atoms with Gasteiger partial charge in [0.15, 0.2) is 18.4 Å². The normalized spacial score (nSPS) is 13.4. The van der Waals surface area contributed by atoms with Crippen molar-refractivity contribution in [1.82, 2.24) is 4.98 Å². The van der Waals surface area contributed by atoms with Crippen LogP contribution >= 0.6 is 11.3 Å². The topological polar surface area (TPSA) is 104 Å². The van der Waals surface area contributed by atoms with Crippen molar-refractivity contribution in [2.75, 3.05) is 11.9 Å². The highest BCUT2D eigenvalue weighted by molar-refractivity contribution is 7.09. The van der Waals surface area contributed by atoms with Crippen LogP contribution in [0.1, 0.15) is 38.3 Å². The SMILES string of the molecule is Cc1ccc(OCc2nc(C(=O)O[C@H](C)C(=O)c3ccc4c(c3)NC(=O)CO4)cs2)cc1. The molecule has 4 rings (SSSR count). The first kappa shape index (κ1) is 21.5. The molecule has 0 fully saturated rings. The van der Waals surface area contributed by atoms with Gasteiger partial charge in [-0.15, -0.1) is 11.3 Å². The Balaban J connectivity index is 1.35. The number of hydrogen-bond acceptors (Lipinski definition) is 8. The van der Waals surface area contributed by atoms with Crippen molar-refractivity contribution in [1.29, 1.82) is 0 Å². The Morgan fingerprint density at radius 2 is 2.00 bits per heavy atom. The first-order chi connectivity index (χ1) is 15.4. The van der Waals surface area contributed by atoms with Gasteiger partial charge >= 0.3 is 5.97 Å². The van der Waals surface area contributed by atoms with Gasteiger partial charge in [-0.05, 0) is 44.2 Å². The molecule has 1 atom stereocenters.